The smallest absolute Gasteiger partial charge is 0.303 e. The molecule has 0 amide bonds. The first kappa shape index (κ1) is 29.7. The standard InChI is InChI=1S/C29H35O5P.BrH/c1-32-23-10-16-26(17-11-23)35(27-18-12-24(33-2)13-19-27,28-20-14-25(34-3)15-21-28)22-8-6-4-5-7-9-29(30)31;/h10-21H,4-9,22H2,1-3H3;1H. The molecule has 0 saturated carbocycles. The molecule has 0 heterocycles. The van der Waals surface area contributed by atoms with Crippen molar-refractivity contribution in [2.75, 3.05) is 27.5 Å². The number of unbranched alkanes of at least 4 members (excludes halogenated alkanes) is 4. The first-order valence-electron chi connectivity index (χ1n) is 12.1. The number of aliphatic carboxylic acids is 1. The molecule has 0 fully saturated rings. The molecule has 7 heteroatoms. The molecule has 0 aliphatic rings. The van der Waals surface area contributed by atoms with Gasteiger partial charge in [0.1, 0.15) is 40.4 Å². The molecule has 3 aromatic rings. The SMILES string of the molecule is COc1ccc([P+](CCCCCCCC(=O)O)(c2ccc(OC)cc2)c2ccc(OC)cc2)cc1.[Br-]. The Kier molecular flexibility index (Phi) is 12.3. The van der Waals surface area contributed by atoms with Gasteiger partial charge in [-0.15, -0.1) is 0 Å². The lowest BCUT2D eigenvalue weighted by Gasteiger charge is -2.28. The number of hydrogen-bond donors (Lipinski definition) is 1. The van der Waals surface area contributed by atoms with E-state index in [4.69, 9.17) is 19.3 Å². The lowest BCUT2D eigenvalue weighted by molar-refractivity contribution is -0.137. The van der Waals surface area contributed by atoms with Gasteiger partial charge in [0.25, 0.3) is 0 Å². The fourth-order valence-electron chi connectivity index (χ4n) is 4.50. The predicted molar refractivity (Wildman–Crippen MR) is 145 cm³/mol. The zero-order valence-corrected chi connectivity index (χ0v) is 23.8. The maximum atomic E-state index is 10.8. The number of carboxylic acids is 1. The first-order valence-corrected chi connectivity index (χ1v) is 14.0. The summed E-state index contributed by atoms with van der Waals surface area (Å²) in [6, 6.07) is 25.5. The van der Waals surface area contributed by atoms with Crippen molar-refractivity contribution in [2.45, 2.75) is 38.5 Å². The minimum Gasteiger partial charge on any atom is -1.00 e. The number of ether oxygens (including phenoxy) is 3. The summed E-state index contributed by atoms with van der Waals surface area (Å²) in [5.41, 5.74) is 0. The number of rotatable bonds is 14. The molecule has 0 bridgehead atoms. The van der Waals surface area contributed by atoms with Gasteiger partial charge in [-0.2, -0.15) is 0 Å². The predicted octanol–water partition coefficient (Wildman–Crippen LogP) is 2.44. The van der Waals surface area contributed by atoms with E-state index in [0.717, 1.165) is 55.5 Å². The van der Waals surface area contributed by atoms with E-state index in [1.165, 1.54) is 15.9 Å². The summed E-state index contributed by atoms with van der Waals surface area (Å²) in [7, 11) is 3.09. The number of hydrogen-bond acceptors (Lipinski definition) is 4. The Labute approximate surface area is 225 Å². The fraction of sp³-hybridized carbons (Fsp3) is 0.345. The minimum atomic E-state index is -1.98. The van der Waals surface area contributed by atoms with E-state index < -0.39 is 13.2 Å². The van der Waals surface area contributed by atoms with Crippen molar-refractivity contribution in [1.29, 1.82) is 0 Å². The van der Waals surface area contributed by atoms with Crippen LogP contribution < -0.4 is 47.1 Å². The molecule has 194 valence electrons. The Morgan fingerprint density at radius 1 is 0.611 bits per heavy atom. The number of halogens is 1. The molecule has 3 aromatic carbocycles. The quantitative estimate of drug-likeness (QED) is 0.237. The molecule has 0 unspecified atom stereocenters. The topological polar surface area (TPSA) is 65.0 Å². The Balaban J connectivity index is 0.00000456. The lowest BCUT2D eigenvalue weighted by Crippen LogP contribution is -3.00. The largest absolute Gasteiger partial charge is 1.00 e. The molecule has 0 aliphatic heterocycles. The van der Waals surface area contributed by atoms with Gasteiger partial charge in [-0.1, -0.05) is 12.8 Å². The van der Waals surface area contributed by atoms with E-state index in [9.17, 15) is 4.79 Å². The Hall–Kier alpha value is -2.56. The van der Waals surface area contributed by atoms with Crippen LogP contribution in [-0.4, -0.2) is 38.6 Å². The average Bonchev–Trinajstić information content (AvgIpc) is 2.90. The van der Waals surface area contributed by atoms with Crippen LogP contribution in [-0.2, 0) is 4.79 Å². The van der Waals surface area contributed by atoms with Crippen molar-refractivity contribution in [3.63, 3.8) is 0 Å². The summed E-state index contributed by atoms with van der Waals surface area (Å²) in [5.74, 6) is 1.81. The van der Waals surface area contributed by atoms with Crippen LogP contribution in [0.15, 0.2) is 72.8 Å². The Morgan fingerprint density at radius 3 is 1.28 bits per heavy atom. The molecule has 5 nitrogen and oxygen atoms in total. The third-order valence-corrected chi connectivity index (χ3v) is 10.9. The third-order valence-electron chi connectivity index (χ3n) is 6.42. The van der Waals surface area contributed by atoms with Gasteiger partial charge >= 0.3 is 5.97 Å². The van der Waals surface area contributed by atoms with Crippen LogP contribution in [0.3, 0.4) is 0 Å². The second-order valence-electron chi connectivity index (χ2n) is 8.54. The van der Waals surface area contributed by atoms with Crippen molar-refractivity contribution in [3.05, 3.63) is 72.8 Å². The Morgan fingerprint density at radius 2 is 0.944 bits per heavy atom. The summed E-state index contributed by atoms with van der Waals surface area (Å²) >= 11 is 0. The van der Waals surface area contributed by atoms with E-state index in [-0.39, 0.29) is 23.4 Å². The maximum Gasteiger partial charge on any atom is 0.303 e. The van der Waals surface area contributed by atoms with Gasteiger partial charge < -0.3 is 36.3 Å². The van der Waals surface area contributed by atoms with Crippen molar-refractivity contribution >= 4 is 29.1 Å². The summed E-state index contributed by atoms with van der Waals surface area (Å²) in [6.45, 7) is 0. The number of carboxylic acid groups (broad SMARTS) is 1. The summed E-state index contributed by atoms with van der Waals surface area (Å²) in [6.07, 6.45) is 6.14. The van der Waals surface area contributed by atoms with Crippen LogP contribution in [0.4, 0.5) is 0 Å². The highest BCUT2D eigenvalue weighted by Crippen LogP contribution is 2.56. The van der Waals surface area contributed by atoms with Crippen molar-refractivity contribution in [2.24, 2.45) is 0 Å². The first-order chi connectivity index (χ1) is 17.0. The van der Waals surface area contributed by atoms with Crippen molar-refractivity contribution < 1.29 is 41.1 Å². The third kappa shape index (κ3) is 7.47. The van der Waals surface area contributed by atoms with Crippen LogP contribution in [0, 0.1) is 0 Å². The van der Waals surface area contributed by atoms with Gasteiger partial charge in [0.15, 0.2) is 0 Å². The molecule has 3 rings (SSSR count). The summed E-state index contributed by atoms with van der Waals surface area (Å²) < 4.78 is 16.3. The Bertz CT molecular complexity index is 937. The molecule has 36 heavy (non-hydrogen) atoms. The van der Waals surface area contributed by atoms with E-state index in [1.807, 2.05) is 36.4 Å². The van der Waals surface area contributed by atoms with Gasteiger partial charge in [-0.25, -0.2) is 0 Å². The lowest BCUT2D eigenvalue weighted by atomic mass is 10.1. The summed E-state index contributed by atoms with van der Waals surface area (Å²) in [5, 5.41) is 12.8. The molecule has 0 radical (unpaired) electrons. The van der Waals surface area contributed by atoms with Crippen LogP contribution in [0.1, 0.15) is 38.5 Å². The minimum absolute atomic E-state index is 0. The highest BCUT2D eigenvalue weighted by atomic mass is 79.9. The molecule has 0 atom stereocenters. The number of methoxy groups -OCH3 is 3. The van der Waals surface area contributed by atoms with Crippen LogP contribution in [0.5, 0.6) is 17.2 Å². The molecule has 0 spiro atoms. The monoisotopic (exact) mass is 574 g/mol. The van der Waals surface area contributed by atoms with Gasteiger partial charge in [0.2, 0.25) is 0 Å². The van der Waals surface area contributed by atoms with Crippen molar-refractivity contribution in [1.82, 2.24) is 0 Å². The average molecular weight is 575 g/mol. The van der Waals surface area contributed by atoms with Gasteiger partial charge in [0.05, 0.1) is 27.5 Å². The normalized spacial score (nSPS) is 10.9. The van der Waals surface area contributed by atoms with Crippen molar-refractivity contribution in [3.8, 4) is 17.2 Å². The second kappa shape index (κ2) is 14.9. The number of carbonyl (C=O) groups is 1. The zero-order valence-electron chi connectivity index (χ0n) is 21.3. The maximum absolute atomic E-state index is 10.8. The fourth-order valence-corrected chi connectivity index (χ4v) is 8.84. The molecular formula is C29H36BrO5P. The van der Waals surface area contributed by atoms with Gasteiger partial charge in [-0.05, 0) is 92.1 Å². The molecular weight excluding hydrogens is 539 g/mol. The van der Waals surface area contributed by atoms with E-state index >= 15 is 0 Å². The van der Waals surface area contributed by atoms with Crippen LogP contribution in [0.2, 0.25) is 0 Å². The van der Waals surface area contributed by atoms with Gasteiger partial charge in [0, 0.05) is 6.42 Å². The molecule has 1 N–H and O–H groups in total. The molecule has 0 aromatic heterocycles. The summed E-state index contributed by atoms with van der Waals surface area (Å²) in [4.78, 5) is 10.8. The van der Waals surface area contributed by atoms with Crippen LogP contribution >= 0.6 is 7.26 Å². The highest BCUT2D eigenvalue weighted by molar-refractivity contribution is 7.95. The van der Waals surface area contributed by atoms with Crippen LogP contribution in [0.25, 0.3) is 0 Å². The van der Waals surface area contributed by atoms with E-state index in [2.05, 4.69) is 36.4 Å². The molecule has 0 aliphatic carbocycles. The number of benzene rings is 3. The zero-order chi connectivity index (χ0) is 25.1. The van der Waals surface area contributed by atoms with Gasteiger partial charge in [-0.3, -0.25) is 4.79 Å². The highest BCUT2D eigenvalue weighted by Gasteiger charge is 2.44. The van der Waals surface area contributed by atoms with E-state index in [1.54, 1.807) is 21.3 Å². The van der Waals surface area contributed by atoms with E-state index in [0.29, 0.717) is 0 Å². The second-order valence-corrected chi connectivity index (χ2v) is 12.2. The molecule has 0 saturated heterocycles.